The number of hydrogen-bond donors (Lipinski definition) is 0. The van der Waals surface area contributed by atoms with E-state index in [4.69, 9.17) is 0 Å². The summed E-state index contributed by atoms with van der Waals surface area (Å²) in [7, 11) is 1.68. The molecule has 6 nitrogen and oxygen atoms in total. The van der Waals surface area contributed by atoms with E-state index in [9.17, 15) is 14.0 Å². The lowest BCUT2D eigenvalue weighted by Gasteiger charge is -2.22. The lowest BCUT2D eigenvalue weighted by Crippen LogP contribution is -2.26. The van der Waals surface area contributed by atoms with Crippen LogP contribution in [0.15, 0.2) is 87.9 Å². The Morgan fingerprint density at radius 3 is 2.19 bits per heavy atom. The molecule has 1 atom stereocenters. The molecule has 0 N–H and O–H groups in total. The van der Waals surface area contributed by atoms with E-state index in [-0.39, 0.29) is 38.0 Å². The van der Waals surface area contributed by atoms with Gasteiger partial charge in [-0.3, -0.25) is 14.8 Å². The van der Waals surface area contributed by atoms with Gasteiger partial charge in [-0.1, -0.05) is 56.0 Å². The van der Waals surface area contributed by atoms with E-state index < -0.39 is 0 Å². The second-order valence-electron chi connectivity index (χ2n) is 8.07. The molecule has 0 aromatic heterocycles. The molecule has 36 heavy (non-hydrogen) atoms. The van der Waals surface area contributed by atoms with E-state index in [2.05, 4.69) is 15.1 Å². The minimum atomic E-state index is -0.272. The third-order valence-corrected chi connectivity index (χ3v) is 5.75. The highest BCUT2D eigenvalue weighted by atomic mass is 19.1. The van der Waals surface area contributed by atoms with Crippen LogP contribution in [0.2, 0.25) is 0 Å². The summed E-state index contributed by atoms with van der Waals surface area (Å²) >= 11 is 0. The van der Waals surface area contributed by atoms with Crippen molar-refractivity contribution >= 4 is 36.0 Å². The zero-order valence-electron chi connectivity index (χ0n) is 19.3. The molecule has 0 spiro atoms. The number of benzene rings is 3. The standard InChI is InChI=1S/C28H25FN4O2.CH4/c1-30-16-17-31-25-14-10-23(11-15-25)27-19-26(32-33(27)28(35)3-2-18-34)22-6-4-20(5-7-22)21-8-12-24(29)13-9-21;/h4-18,27H,2-3,19H2,1H3;1H4. The smallest absolute Gasteiger partial charge is 0.243 e. The second kappa shape index (κ2) is 12.4. The highest BCUT2D eigenvalue weighted by Crippen LogP contribution is 2.34. The van der Waals surface area contributed by atoms with Crippen LogP contribution in [0.5, 0.6) is 0 Å². The lowest BCUT2D eigenvalue weighted by molar-refractivity contribution is -0.133. The Labute approximate surface area is 210 Å². The average molecular weight is 485 g/mol. The first-order valence-electron chi connectivity index (χ1n) is 11.3. The fourth-order valence-electron chi connectivity index (χ4n) is 3.94. The van der Waals surface area contributed by atoms with Gasteiger partial charge in [-0.05, 0) is 46.5 Å². The first-order valence-corrected chi connectivity index (χ1v) is 11.3. The van der Waals surface area contributed by atoms with Crippen molar-refractivity contribution in [3.05, 3.63) is 89.7 Å². The number of carbonyl (C=O) groups excluding carboxylic acids is 2. The summed E-state index contributed by atoms with van der Waals surface area (Å²) in [6.07, 6.45) is 4.80. The number of aldehydes is 1. The molecule has 3 aromatic carbocycles. The molecule has 3 aromatic rings. The molecule has 0 fully saturated rings. The number of halogens is 1. The monoisotopic (exact) mass is 484 g/mol. The number of aliphatic imine (C=N–C) groups is 2. The van der Waals surface area contributed by atoms with Crippen molar-refractivity contribution in [1.29, 1.82) is 0 Å². The summed E-state index contributed by atoms with van der Waals surface area (Å²) in [5.41, 5.74) is 5.31. The number of hydrogen-bond acceptors (Lipinski definition) is 5. The molecule has 0 saturated heterocycles. The highest BCUT2D eigenvalue weighted by molar-refractivity contribution is 6.16. The molecule has 1 aliphatic rings. The molecule has 1 heterocycles. The highest BCUT2D eigenvalue weighted by Gasteiger charge is 2.32. The Bertz CT molecular complexity index is 1260. The molecule has 0 bridgehead atoms. The third kappa shape index (κ3) is 6.24. The molecule has 1 amide bonds. The first-order chi connectivity index (χ1) is 17.1. The molecular weight excluding hydrogens is 455 g/mol. The number of hydrazone groups is 1. The van der Waals surface area contributed by atoms with Gasteiger partial charge in [0.05, 0.1) is 17.4 Å². The molecule has 7 heteroatoms. The first kappa shape index (κ1) is 26.3. The van der Waals surface area contributed by atoms with Crippen LogP contribution in [0.25, 0.3) is 11.1 Å². The second-order valence-corrected chi connectivity index (χ2v) is 8.07. The quantitative estimate of drug-likeness (QED) is 0.282. The van der Waals surface area contributed by atoms with Gasteiger partial charge in [0.25, 0.3) is 0 Å². The predicted octanol–water partition coefficient (Wildman–Crippen LogP) is 6.19. The molecule has 1 unspecified atom stereocenters. The molecule has 0 aliphatic carbocycles. The van der Waals surface area contributed by atoms with Crippen LogP contribution in [0.3, 0.4) is 0 Å². The molecular formula is C29H29FN4O2. The topological polar surface area (TPSA) is 74.5 Å². The number of amides is 1. The summed E-state index contributed by atoms with van der Waals surface area (Å²) in [5, 5.41) is 6.15. The van der Waals surface area contributed by atoms with Crippen LogP contribution >= 0.6 is 0 Å². The summed E-state index contributed by atoms with van der Waals surface area (Å²) in [5.74, 6) is -0.466. The number of nitrogens with zero attached hydrogens (tertiary/aromatic N) is 4. The van der Waals surface area contributed by atoms with E-state index >= 15 is 0 Å². The van der Waals surface area contributed by atoms with Gasteiger partial charge in [-0.2, -0.15) is 5.10 Å². The fraction of sp³-hybridized carbons (Fsp3) is 0.207. The maximum Gasteiger partial charge on any atom is 0.243 e. The van der Waals surface area contributed by atoms with Gasteiger partial charge in [-0.15, -0.1) is 0 Å². The van der Waals surface area contributed by atoms with E-state index in [1.54, 1.807) is 31.6 Å². The minimum Gasteiger partial charge on any atom is -0.303 e. The van der Waals surface area contributed by atoms with E-state index in [0.29, 0.717) is 6.42 Å². The zero-order chi connectivity index (χ0) is 24.6. The van der Waals surface area contributed by atoms with Gasteiger partial charge in [0.15, 0.2) is 0 Å². The van der Waals surface area contributed by atoms with Gasteiger partial charge in [0.2, 0.25) is 5.91 Å². The van der Waals surface area contributed by atoms with E-state index in [0.717, 1.165) is 39.9 Å². The molecule has 1 aliphatic heterocycles. The number of carbonyl (C=O) groups is 2. The van der Waals surface area contributed by atoms with Crippen molar-refractivity contribution in [2.24, 2.45) is 15.1 Å². The SMILES string of the molecule is C.CN=CC=Nc1ccc(C2CC(c3ccc(-c4ccc(F)cc4)cc3)=NN2C(=O)CCC=O)cc1. The van der Waals surface area contributed by atoms with Crippen LogP contribution in [0.4, 0.5) is 10.1 Å². The Balaban J connectivity index is 0.00000361. The molecule has 0 saturated carbocycles. The van der Waals surface area contributed by atoms with Crippen molar-refractivity contribution in [2.45, 2.75) is 32.7 Å². The fourth-order valence-corrected chi connectivity index (χ4v) is 3.94. The normalized spacial score (nSPS) is 15.2. The van der Waals surface area contributed by atoms with Gasteiger partial charge in [0, 0.05) is 38.7 Å². The maximum atomic E-state index is 13.2. The van der Waals surface area contributed by atoms with Crippen molar-refractivity contribution in [3.63, 3.8) is 0 Å². The summed E-state index contributed by atoms with van der Waals surface area (Å²) in [6.45, 7) is 0. The van der Waals surface area contributed by atoms with Crippen LogP contribution < -0.4 is 0 Å². The molecule has 0 radical (unpaired) electrons. The van der Waals surface area contributed by atoms with Crippen LogP contribution in [-0.2, 0) is 9.59 Å². The van der Waals surface area contributed by atoms with Gasteiger partial charge >= 0.3 is 0 Å². The minimum absolute atomic E-state index is 0. The maximum absolute atomic E-state index is 13.2. The Morgan fingerprint density at radius 2 is 1.58 bits per heavy atom. The van der Waals surface area contributed by atoms with Crippen molar-refractivity contribution in [1.82, 2.24) is 5.01 Å². The van der Waals surface area contributed by atoms with Gasteiger partial charge in [0.1, 0.15) is 12.1 Å². The van der Waals surface area contributed by atoms with Crippen molar-refractivity contribution in [2.75, 3.05) is 7.05 Å². The summed E-state index contributed by atoms with van der Waals surface area (Å²) in [6, 6.07) is 21.6. The number of rotatable bonds is 8. The predicted molar refractivity (Wildman–Crippen MR) is 144 cm³/mol. The van der Waals surface area contributed by atoms with Crippen molar-refractivity contribution < 1.29 is 14.0 Å². The van der Waals surface area contributed by atoms with E-state index in [1.165, 1.54) is 17.1 Å². The summed E-state index contributed by atoms with van der Waals surface area (Å²) in [4.78, 5) is 31.9. The Kier molecular flexibility index (Phi) is 9.11. The van der Waals surface area contributed by atoms with Gasteiger partial charge in [-0.25, -0.2) is 9.40 Å². The van der Waals surface area contributed by atoms with Crippen LogP contribution in [-0.4, -0.2) is 42.4 Å². The van der Waals surface area contributed by atoms with Crippen LogP contribution in [0, 0.1) is 5.82 Å². The average Bonchev–Trinajstić information content (AvgIpc) is 3.34. The lowest BCUT2D eigenvalue weighted by atomic mass is 9.96. The molecule has 4 rings (SSSR count). The third-order valence-electron chi connectivity index (χ3n) is 5.75. The molecule has 184 valence electrons. The Morgan fingerprint density at radius 1 is 0.972 bits per heavy atom. The van der Waals surface area contributed by atoms with Gasteiger partial charge < -0.3 is 4.79 Å². The zero-order valence-corrected chi connectivity index (χ0v) is 19.3. The van der Waals surface area contributed by atoms with Crippen LogP contribution in [0.1, 0.15) is 43.9 Å². The largest absolute Gasteiger partial charge is 0.303 e. The summed E-state index contributed by atoms with van der Waals surface area (Å²) < 4.78 is 13.2. The van der Waals surface area contributed by atoms with Crippen molar-refractivity contribution in [3.8, 4) is 11.1 Å². The Hall–Kier alpha value is -4.26. The van der Waals surface area contributed by atoms with E-state index in [1.807, 2.05) is 48.5 Å².